The van der Waals surface area contributed by atoms with Crippen LogP contribution in [-0.4, -0.2) is 41.9 Å². The largest absolute Gasteiger partial charge is 0.341 e. The summed E-state index contributed by atoms with van der Waals surface area (Å²) in [5, 5.41) is 8.91. The Hall–Kier alpha value is -2.64. The zero-order valence-corrected chi connectivity index (χ0v) is 16.0. The van der Waals surface area contributed by atoms with Crippen LogP contribution in [-0.2, 0) is 11.3 Å². The third kappa shape index (κ3) is 5.42. The fourth-order valence-corrected chi connectivity index (χ4v) is 3.61. The lowest BCUT2D eigenvalue weighted by atomic mass is 9.97. The number of nitriles is 1. The van der Waals surface area contributed by atoms with Crippen molar-refractivity contribution in [1.82, 2.24) is 9.80 Å². The Morgan fingerprint density at radius 2 is 1.78 bits per heavy atom. The van der Waals surface area contributed by atoms with E-state index in [0.717, 1.165) is 39.1 Å². The third-order valence-electron chi connectivity index (χ3n) is 5.28. The highest BCUT2D eigenvalue weighted by Gasteiger charge is 2.21. The van der Waals surface area contributed by atoms with Gasteiger partial charge in [-0.05, 0) is 35.6 Å². The van der Waals surface area contributed by atoms with E-state index in [0.29, 0.717) is 12.0 Å². The van der Waals surface area contributed by atoms with Gasteiger partial charge in [-0.1, -0.05) is 49.4 Å². The molecule has 0 saturated carbocycles. The number of hydrogen-bond acceptors (Lipinski definition) is 3. The van der Waals surface area contributed by atoms with Crippen molar-refractivity contribution >= 4 is 5.91 Å². The predicted octanol–water partition coefficient (Wildman–Crippen LogP) is 3.79. The number of benzene rings is 2. The van der Waals surface area contributed by atoms with Gasteiger partial charge in [0.2, 0.25) is 5.91 Å². The van der Waals surface area contributed by atoms with Crippen LogP contribution in [0.15, 0.2) is 54.6 Å². The average Bonchev–Trinajstić information content (AvgIpc) is 2.95. The first-order valence-electron chi connectivity index (χ1n) is 9.70. The van der Waals surface area contributed by atoms with Gasteiger partial charge in [0.15, 0.2) is 0 Å². The first-order chi connectivity index (χ1) is 13.2. The molecule has 1 heterocycles. The Balaban J connectivity index is 1.51. The molecule has 0 N–H and O–H groups in total. The summed E-state index contributed by atoms with van der Waals surface area (Å²) in [6.07, 6.45) is 1.57. The van der Waals surface area contributed by atoms with Gasteiger partial charge in [-0.2, -0.15) is 5.26 Å². The van der Waals surface area contributed by atoms with Crippen LogP contribution < -0.4 is 0 Å². The standard InChI is InChI=1S/C23H27N3O/c1-19(22-6-3-2-4-7-22)16-23(27)26-13-5-12-25(14-15-26)18-21-10-8-20(17-24)9-11-21/h2-4,6-11,19H,5,12-16,18H2,1H3. The quantitative estimate of drug-likeness (QED) is 0.814. The predicted molar refractivity (Wildman–Crippen MR) is 107 cm³/mol. The van der Waals surface area contributed by atoms with E-state index in [1.807, 2.05) is 47.4 Å². The molecule has 0 bridgehead atoms. The van der Waals surface area contributed by atoms with Crippen molar-refractivity contribution in [3.8, 4) is 6.07 Å². The molecule has 0 aliphatic carbocycles. The minimum absolute atomic E-state index is 0.247. The molecule has 1 amide bonds. The Kier molecular flexibility index (Phi) is 6.62. The maximum absolute atomic E-state index is 12.7. The summed E-state index contributed by atoms with van der Waals surface area (Å²) in [5.74, 6) is 0.503. The fourth-order valence-electron chi connectivity index (χ4n) is 3.61. The van der Waals surface area contributed by atoms with Crippen molar-refractivity contribution in [3.05, 3.63) is 71.3 Å². The molecule has 2 aromatic rings. The monoisotopic (exact) mass is 361 g/mol. The average molecular weight is 361 g/mol. The van der Waals surface area contributed by atoms with E-state index in [1.165, 1.54) is 11.1 Å². The number of carbonyl (C=O) groups is 1. The molecule has 2 aromatic carbocycles. The van der Waals surface area contributed by atoms with Gasteiger partial charge in [0.1, 0.15) is 0 Å². The molecule has 140 valence electrons. The molecule has 0 aromatic heterocycles. The number of hydrogen-bond donors (Lipinski definition) is 0. The van der Waals surface area contributed by atoms with Gasteiger partial charge in [-0.25, -0.2) is 0 Å². The lowest BCUT2D eigenvalue weighted by molar-refractivity contribution is -0.131. The van der Waals surface area contributed by atoms with Gasteiger partial charge in [0.25, 0.3) is 0 Å². The minimum Gasteiger partial charge on any atom is -0.341 e. The van der Waals surface area contributed by atoms with Crippen LogP contribution in [0.5, 0.6) is 0 Å². The van der Waals surface area contributed by atoms with Gasteiger partial charge < -0.3 is 4.90 Å². The molecule has 1 unspecified atom stereocenters. The maximum atomic E-state index is 12.7. The van der Waals surface area contributed by atoms with E-state index in [1.54, 1.807) is 0 Å². The van der Waals surface area contributed by atoms with Gasteiger partial charge in [0, 0.05) is 39.1 Å². The molecule has 0 spiro atoms. The molecular weight excluding hydrogens is 334 g/mol. The summed E-state index contributed by atoms with van der Waals surface area (Å²) < 4.78 is 0. The van der Waals surface area contributed by atoms with Crippen molar-refractivity contribution in [2.45, 2.75) is 32.2 Å². The van der Waals surface area contributed by atoms with Gasteiger partial charge in [0.05, 0.1) is 11.6 Å². The summed E-state index contributed by atoms with van der Waals surface area (Å²) in [4.78, 5) is 17.2. The van der Waals surface area contributed by atoms with Crippen LogP contribution in [0.1, 0.15) is 42.4 Å². The second kappa shape index (κ2) is 9.34. The van der Waals surface area contributed by atoms with Crippen LogP contribution in [0.25, 0.3) is 0 Å². The highest BCUT2D eigenvalue weighted by Crippen LogP contribution is 2.20. The first-order valence-corrected chi connectivity index (χ1v) is 9.70. The molecule has 3 rings (SSSR count). The van der Waals surface area contributed by atoms with Crippen molar-refractivity contribution in [2.75, 3.05) is 26.2 Å². The molecule has 1 fully saturated rings. The SMILES string of the molecule is CC(CC(=O)N1CCCN(Cc2ccc(C#N)cc2)CC1)c1ccccc1. The van der Waals surface area contributed by atoms with Gasteiger partial charge in [-0.3, -0.25) is 9.69 Å². The maximum Gasteiger partial charge on any atom is 0.223 e. The number of amides is 1. The summed E-state index contributed by atoms with van der Waals surface area (Å²) in [7, 11) is 0. The Morgan fingerprint density at radius 3 is 2.48 bits per heavy atom. The number of nitrogens with zero attached hydrogens (tertiary/aromatic N) is 3. The van der Waals surface area contributed by atoms with Crippen LogP contribution in [0, 0.1) is 11.3 Å². The van der Waals surface area contributed by atoms with Crippen molar-refractivity contribution < 1.29 is 4.79 Å². The van der Waals surface area contributed by atoms with E-state index < -0.39 is 0 Å². The van der Waals surface area contributed by atoms with Crippen LogP contribution in [0.4, 0.5) is 0 Å². The summed E-state index contributed by atoms with van der Waals surface area (Å²) in [6, 6.07) is 20.2. The lowest BCUT2D eigenvalue weighted by Gasteiger charge is -2.23. The molecule has 0 radical (unpaired) electrons. The molecular formula is C23H27N3O. The molecule has 1 atom stereocenters. The number of carbonyl (C=O) groups excluding carboxylic acids is 1. The second-order valence-electron chi connectivity index (χ2n) is 7.34. The van der Waals surface area contributed by atoms with Gasteiger partial charge >= 0.3 is 0 Å². The van der Waals surface area contributed by atoms with E-state index in [9.17, 15) is 4.79 Å². The van der Waals surface area contributed by atoms with Crippen molar-refractivity contribution in [1.29, 1.82) is 5.26 Å². The van der Waals surface area contributed by atoms with Crippen LogP contribution in [0.2, 0.25) is 0 Å². The number of rotatable bonds is 5. The molecule has 1 aliphatic rings. The third-order valence-corrected chi connectivity index (χ3v) is 5.28. The zero-order chi connectivity index (χ0) is 19.1. The first kappa shape index (κ1) is 19.1. The molecule has 4 nitrogen and oxygen atoms in total. The van der Waals surface area contributed by atoms with E-state index >= 15 is 0 Å². The summed E-state index contributed by atoms with van der Waals surface area (Å²) in [6.45, 7) is 6.51. The fraction of sp³-hybridized carbons (Fsp3) is 0.391. The zero-order valence-electron chi connectivity index (χ0n) is 16.0. The van der Waals surface area contributed by atoms with E-state index in [4.69, 9.17) is 5.26 Å². The highest BCUT2D eigenvalue weighted by molar-refractivity contribution is 5.77. The molecule has 4 heteroatoms. The van der Waals surface area contributed by atoms with Crippen LogP contribution in [0.3, 0.4) is 0 Å². The topological polar surface area (TPSA) is 47.3 Å². The minimum atomic E-state index is 0.247. The van der Waals surface area contributed by atoms with Crippen LogP contribution >= 0.6 is 0 Å². The normalized spacial score (nSPS) is 16.4. The Bertz CT molecular complexity index is 780. The second-order valence-corrected chi connectivity index (χ2v) is 7.34. The lowest BCUT2D eigenvalue weighted by Crippen LogP contribution is -2.35. The summed E-state index contributed by atoms with van der Waals surface area (Å²) >= 11 is 0. The summed E-state index contributed by atoms with van der Waals surface area (Å²) in [5.41, 5.74) is 3.13. The highest BCUT2D eigenvalue weighted by atomic mass is 16.2. The molecule has 1 saturated heterocycles. The molecule has 1 aliphatic heterocycles. The Labute approximate surface area is 162 Å². The smallest absolute Gasteiger partial charge is 0.223 e. The molecule has 27 heavy (non-hydrogen) atoms. The van der Waals surface area contributed by atoms with E-state index in [-0.39, 0.29) is 11.8 Å². The van der Waals surface area contributed by atoms with E-state index in [2.05, 4.69) is 30.0 Å². The Morgan fingerprint density at radius 1 is 1.04 bits per heavy atom. The van der Waals surface area contributed by atoms with Crippen molar-refractivity contribution in [2.24, 2.45) is 0 Å². The van der Waals surface area contributed by atoms with Gasteiger partial charge in [-0.15, -0.1) is 0 Å². The van der Waals surface area contributed by atoms with Crippen molar-refractivity contribution in [3.63, 3.8) is 0 Å².